The quantitative estimate of drug-likeness (QED) is 0.119. The summed E-state index contributed by atoms with van der Waals surface area (Å²) in [5, 5.41) is 39.2. The van der Waals surface area contributed by atoms with E-state index in [4.69, 9.17) is 41.1 Å². The van der Waals surface area contributed by atoms with Crippen molar-refractivity contribution in [2.45, 2.75) is 76.0 Å². The van der Waals surface area contributed by atoms with Crippen LogP contribution in [0.4, 0.5) is 0 Å². The minimum atomic E-state index is -1.10. The second-order valence-corrected chi connectivity index (χ2v) is 16.5. The molecule has 0 spiro atoms. The Morgan fingerprint density at radius 3 is 1.56 bits per heavy atom. The van der Waals surface area contributed by atoms with Crippen LogP contribution in [-0.4, -0.2) is 96.4 Å². The number of pyridine rings is 2. The van der Waals surface area contributed by atoms with Gasteiger partial charge in [-0.25, -0.2) is 28.9 Å². The zero-order chi connectivity index (χ0) is 42.3. The van der Waals surface area contributed by atoms with Crippen molar-refractivity contribution in [2.75, 3.05) is 39.6 Å². The van der Waals surface area contributed by atoms with E-state index in [9.17, 15) is 19.8 Å². The molecule has 2 aliphatic carbocycles. The van der Waals surface area contributed by atoms with Gasteiger partial charge in [0.05, 0.1) is 45.2 Å². The number of carboxylic acid groups (broad SMARTS) is 2. The maximum atomic E-state index is 11.8. The van der Waals surface area contributed by atoms with Gasteiger partial charge in [0.2, 0.25) is 0 Å². The third-order valence-electron chi connectivity index (χ3n) is 12.1. The average Bonchev–Trinajstić information content (AvgIpc) is 3.82. The van der Waals surface area contributed by atoms with E-state index in [1.54, 1.807) is 15.4 Å². The molecule has 2 saturated heterocycles. The van der Waals surface area contributed by atoms with E-state index >= 15 is 0 Å². The van der Waals surface area contributed by atoms with Crippen LogP contribution in [0.5, 0.6) is 5.75 Å². The van der Waals surface area contributed by atoms with Gasteiger partial charge in [0.25, 0.3) is 0 Å². The molecule has 6 heterocycles. The van der Waals surface area contributed by atoms with Gasteiger partial charge in [0, 0.05) is 50.9 Å². The first-order valence-corrected chi connectivity index (χ1v) is 21.7. The second-order valence-electron chi connectivity index (χ2n) is 16.1. The molecular formula is C46H51ClN6O8. The predicted molar refractivity (Wildman–Crippen MR) is 230 cm³/mol. The molecule has 320 valence electrons. The zero-order valence-electron chi connectivity index (χ0n) is 34.0. The van der Waals surface area contributed by atoms with Gasteiger partial charge >= 0.3 is 11.9 Å². The highest BCUT2D eigenvalue weighted by Crippen LogP contribution is 2.43. The molecule has 15 heteroatoms. The van der Waals surface area contributed by atoms with Crippen LogP contribution in [-0.2, 0) is 9.47 Å². The number of ether oxygens (including phenoxy) is 3. The summed E-state index contributed by atoms with van der Waals surface area (Å²) < 4.78 is 20.2. The molecule has 4 aromatic heterocycles. The number of carbonyl (C=O) groups is 2. The molecule has 6 aromatic rings. The van der Waals surface area contributed by atoms with Crippen molar-refractivity contribution in [3.05, 3.63) is 101 Å². The number of aromatic nitrogens is 6. The number of aliphatic hydroxyl groups is 1. The molecule has 2 aromatic carbocycles. The Balaban J connectivity index is 0.000000146. The number of fused-ring (bicyclic) bond motifs is 2. The molecule has 0 bridgehead atoms. The molecule has 4 aliphatic rings. The number of halogens is 1. The topological polar surface area (TPSA) is 184 Å². The molecule has 10 rings (SSSR count). The number of hydrogen-bond donors (Lipinski definition) is 3. The summed E-state index contributed by atoms with van der Waals surface area (Å²) in [4.78, 5) is 31.9. The largest absolute Gasteiger partial charge is 0.492 e. The number of rotatable bonds is 10. The van der Waals surface area contributed by atoms with Crippen LogP contribution in [0.2, 0.25) is 5.02 Å². The highest BCUT2D eigenvalue weighted by Gasteiger charge is 2.31. The van der Waals surface area contributed by atoms with E-state index < -0.39 is 11.9 Å². The Labute approximate surface area is 358 Å². The average molecular weight is 851 g/mol. The molecular weight excluding hydrogens is 800 g/mol. The highest BCUT2D eigenvalue weighted by molar-refractivity contribution is 6.35. The molecule has 4 fully saturated rings. The van der Waals surface area contributed by atoms with E-state index in [0.717, 1.165) is 111 Å². The summed E-state index contributed by atoms with van der Waals surface area (Å²) in [5.74, 6) is 0.0692. The van der Waals surface area contributed by atoms with Gasteiger partial charge < -0.3 is 29.5 Å². The Kier molecular flexibility index (Phi) is 13.5. The highest BCUT2D eigenvalue weighted by atomic mass is 35.5. The molecule has 3 N–H and O–H groups in total. The second kappa shape index (κ2) is 19.5. The monoisotopic (exact) mass is 850 g/mol. The van der Waals surface area contributed by atoms with Gasteiger partial charge in [0.15, 0.2) is 22.7 Å². The van der Waals surface area contributed by atoms with Crippen molar-refractivity contribution in [2.24, 2.45) is 11.8 Å². The molecule has 0 atom stereocenters. The van der Waals surface area contributed by atoms with Gasteiger partial charge in [-0.2, -0.15) is 10.2 Å². The molecule has 0 unspecified atom stereocenters. The molecule has 0 radical (unpaired) electrons. The Morgan fingerprint density at radius 2 is 1.11 bits per heavy atom. The minimum absolute atomic E-state index is 0.0262. The summed E-state index contributed by atoms with van der Waals surface area (Å²) in [7, 11) is 0. The maximum absolute atomic E-state index is 11.8. The van der Waals surface area contributed by atoms with E-state index in [1.807, 2.05) is 60.7 Å². The molecule has 61 heavy (non-hydrogen) atoms. The number of aromatic carboxylic acids is 2. The van der Waals surface area contributed by atoms with Crippen LogP contribution in [0, 0.1) is 11.8 Å². The summed E-state index contributed by atoms with van der Waals surface area (Å²) >= 11 is 6.38. The Bertz CT molecular complexity index is 2440. The summed E-state index contributed by atoms with van der Waals surface area (Å²) in [5.41, 5.74) is 4.54. The maximum Gasteiger partial charge on any atom is 0.354 e. The van der Waals surface area contributed by atoms with E-state index in [-0.39, 0.29) is 11.4 Å². The lowest BCUT2D eigenvalue weighted by Crippen LogP contribution is -2.21. The van der Waals surface area contributed by atoms with Crippen LogP contribution in [0.1, 0.15) is 108 Å². The fourth-order valence-electron chi connectivity index (χ4n) is 8.02. The fourth-order valence-corrected chi connectivity index (χ4v) is 8.31. The van der Waals surface area contributed by atoms with E-state index in [0.29, 0.717) is 59.0 Å². The molecule has 14 nitrogen and oxygen atoms in total. The van der Waals surface area contributed by atoms with Crippen LogP contribution in [0.25, 0.3) is 33.4 Å². The van der Waals surface area contributed by atoms with Gasteiger partial charge in [-0.15, -0.1) is 0 Å². The van der Waals surface area contributed by atoms with Crippen molar-refractivity contribution in [1.82, 2.24) is 29.5 Å². The third kappa shape index (κ3) is 9.57. The SMILES string of the molecule is O=C(O)c1cc(Cl)c2c(C3CCC3)nn(-c3ccccc3)c2n1.O=C(O)c1cc(OCC2CCOCC2)c2c(C3CCC3)nn(-c3ccccc3)c2n1.OCC1CCOCC1. The smallest absolute Gasteiger partial charge is 0.354 e. The summed E-state index contributed by atoms with van der Waals surface area (Å²) in [6, 6.07) is 22.3. The van der Waals surface area contributed by atoms with Gasteiger partial charge in [-0.05, 0) is 93.5 Å². The van der Waals surface area contributed by atoms with Crippen LogP contribution >= 0.6 is 11.6 Å². The van der Waals surface area contributed by atoms with Gasteiger partial charge in [-0.3, -0.25) is 0 Å². The Morgan fingerprint density at radius 1 is 0.656 bits per heavy atom. The number of benzene rings is 2. The van der Waals surface area contributed by atoms with Crippen molar-refractivity contribution in [3.63, 3.8) is 0 Å². The third-order valence-corrected chi connectivity index (χ3v) is 12.4. The Hall–Kier alpha value is -5.41. The standard InChI is InChI=1S/C23H25N3O4.C17H14ClN3O2.C6H12O2/c27-23(28)18-13-19(30-14-15-9-11-29-12-10-15)20-21(16-5-4-6-16)25-26(22(20)24-18)17-7-2-1-3-8-17;18-12-9-13(17(22)23)19-16-14(12)15(10-5-4-6-10)20-21(16)11-7-2-1-3-8-11;7-5-6-1-3-8-4-2-6/h1-3,7-8,13,15-16H,4-6,9-12,14H2,(H,27,28);1-3,7-10H,4-6H2,(H,22,23);6-7H,1-5H2. The number of hydrogen-bond acceptors (Lipinski definition) is 10. The minimum Gasteiger partial charge on any atom is -0.492 e. The lowest BCUT2D eigenvalue weighted by Gasteiger charge is -2.25. The van der Waals surface area contributed by atoms with Crippen LogP contribution in [0.15, 0.2) is 72.8 Å². The first-order chi connectivity index (χ1) is 29.8. The predicted octanol–water partition coefficient (Wildman–Crippen LogP) is 8.64. The van der Waals surface area contributed by atoms with Gasteiger partial charge in [0.1, 0.15) is 5.75 Å². The number of para-hydroxylation sites is 2. The zero-order valence-corrected chi connectivity index (χ0v) is 34.8. The lowest BCUT2D eigenvalue weighted by atomic mass is 9.82. The summed E-state index contributed by atoms with van der Waals surface area (Å²) in [6.07, 6.45) is 10.7. The fraction of sp³-hybridized carbons (Fsp3) is 0.435. The first-order valence-electron chi connectivity index (χ1n) is 21.3. The van der Waals surface area contributed by atoms with Crippen molar-refractivity contribution < 1.29 is 39.1 Å². The van der Waals surface area contributed by atoms with Crippen LogP contribution in [0.3, 0.4) is 0 Å². The first kappa shape index (κ1) is 42.3. The molecule has 2 saturated carbocycles. The normalized spacial score (nSPS) is 17.4. The van der Waals surface area contributed by atoms with Crippen molar-refractivity contribution >= 4 is 45.6 Å². The van der Waals surface area contributed by atoms with E-state index in [2.05, 4.69) is 9.97 Å². The molecule has 0 amide bonds. The van der Waals surface area contributed by atoms with Crippen molar-refractivity contribution in [3.8, 4) is 17.1 Å². The lowest BCUT2D eigenvalue weighted by molar-refractivity contribution is 0.0455. The van der Waals surface area contributed by atoms with Gasteiger partial charge in [-0.1, -0.05) is 60.8 Å². The van der Waals surface area contributed by atoms with Crippen LogP contribution < -0.4 is 4.74 Å². The van der Waals surface area contributed by atoms with E-state index in [1.165, 1.54) is 18.9 Å². The number of aliphatic hydroxyl groups excluding tert-OH is 1. The van der Waals surface area contributed by atoms with Crippen molar-refractivity contribution in [1.29, 1.82) is 0 Å². The summed E-state index contributed by atoms with van der Waals surface area (Å²) in [6.45, 7) is 4.06. The number of carboxylic acids is 2. The number of nitrogens with zero attached hydrogens (tertiary/aromatic N) is 6. The molecule has 2 aliphatic heterocycles.